The molecule has 0 saturated carbocycles. The van der Waals surface area contributed by atoms with Crippen molar-refractivity contribution in [2.45, 2.75) is 26.8 Å². The number of benzene rings is 2. The zero-order chi connectivity index (χ0) is 25.0. The number of Topliss-reactive ketones (excluding diaryl/α,β-unsaturated/α-hetero) is 1. The molecule has 1 N–H and O–H groups in total. The number of aryl methyl sites for hydroxylation is 1. The molecule has 0 bridgehead atoms. The maximum atomic E-state index is 13.2. The monoisotopic (exact) mass is 467 g/mol. The number of carbonyl (C=O) groups is 2. The zero-order valence-electron chi connectivity index (χ0n) is 19.8. The van der Waals surface area contributed by atoms with Gasteiger partial charge in [0.1, 0.15) is 11.5 Å². The van der Waals surface area contributed by atoms with Crippen molar-refractivity contribution < 1.29 is 24.4 Å². The van der Waals surface area contributed by atoms with Crippen molar-refractivity contribution in [3.05, 3.63) is 74.8 Å². The molecule has 1 aliphatic rings. The first-order chi connectivity index (χ1) is 16.2. The Balaban J connectivity index is 2.13. The van der Waals surface area contributed by atoms with Gasteiger partial charge in [-0.3, -0.25) is 19.7 Å². The first kappa shape index (κ1) is 24.9. The maximum absolute atomic E-state index is 13.2. The second kappa shape index (κ2) is 10.5. The van der Waals surface area contributed by atoms with Crippen LogP contribution < -0.4 is 4.74 Å². The number of methoxy groups -OCH3 is 1. The molecule has 1 heterocycles. The van der Waals surface area contributed by atoms with Crippen LogP contribution in [0, 0.1) is 17.0 Å². The number of aliphatic hydroxyl groups is 1. The van der Waals surface area contributed by atoms with Crippen molar-refractivity contribution in [3.8, 4) is 5.75 Å². The van der Waals surface area contributed by atoms with Gasteiger partial charge in [0, 0.05) is 30.8 Å². The molecular formula is C25H29N3O6. The normalized spacial score (nSPS) is 17.4. The first-order valence-electron chi connectivity index (χ1n) is 11.1. The van der Waals surface area contributed by atoms with Crippen molar-refractivity contribution in [3.63, 3.8) is 0 Å². The summed E-state index contributed by atoms with van der Waals surface area (Å²) in [7, 11) is 1.53. The number of nitro benzene ring substituents is 1. The van der Waals surface area contributed by atoms with Crippen LogP contribution in [0.4, 0.5) is 5.69 Å². The maximum Gasteiger partial charge on any atom is 0.295 e. The van der Waals surface area contributed by atoms with E-state index in [9.17, 15) is 24.8 Å². The summed E-state index contributed by atoms with van der Waals surface area (Å²) in [4.78, 5) is 40.4. The van der Waals surface area contributed by atoms with E-state index in [1.807, 2.05) is 13.8 Å². The molecule has 0 aliphatic carbocycles. The highest BCUT2D eigenvalue weighted by molar-refractivity contribution is 6.46. The van der Waals surface area contributed by atoms with Crippen LogP contribution >= 0.6 is 0 Å². The molecule has 34 heavy (non-hydrogen) atoms. The number of likely N-dealkylation sites (N-methyl/N-ethyl adjacent to an activating group) is 1. The first-order valence-corrected chi connectivity index (χ1v) is 11.1. The molecule has 3 rings (SSSR count). The lowest BCUT2D eigenvalue weighted by molar-refractivity contribution is -0.384. The number of nitro groups is 1. The number of ketones is 1. The van der Waals surface area contributed by atoms with Crippen LogP contribution in [0.25, 0.3) is 5.76 Å². The number of hydrogen-bond donors (Lipinski definition) is 1. The quantitative estimate of drug-likeness (QED) is 0.197. The van der Waals surface area contributed by atoms with E-state index in [0.717, 1.165) is 13.1 Å². The molecule has 180 valence electrons. The number of rotatable bonds is 9. The Morgan fingerprint density at radius 1 is 1.15 bits per heavy atom. The highest BCUT2D eigenvalue weighted by atomic mass is 16.6. The largest absolute Gasteiger partial charge is 0.507 e. The van der Waals surface area contributed by atoms with Gasteiger partial charge in [-0.05, 0) is 61.5 Å². The minimum atomic E-state index is -0.863. The van der Waals surface area contributed by atoms with E-state index in [4.69, 9.17) is 4.74 Å². The van der Waals surface area contributed by atoms with Gasteiger partial charge in [-0.2, -0.15) is 0 Å². The van der Waals surface area contributed by atoms with Crippen LogP contribution in [0.15, 0.2) is 48.0 Å². The second-order valence-corrected chi connectivity index (χ2v) is 8.05. The summed E-state index contributed by atoms with van der Waals surface area (Å²) in [5, 5.41) is 22.4. The van der Waals surface area contributed by atoms with Crippen molar-refractivity contribution in [1.82, 2.24) is 9.80 Å². The lowest BCUT2D eigenvalue weighted by Crippen LogP contribution is -2.38. The summed E-state index contributed by atoms with van der Waals surface area (Å²) in [6.07, 6.45) is 0. The molecule has 2 aromatic carbocycles. The fourth-order valence-corrected chi connectivity index (χ4v) is 4.20. The van der Waals surface area contributed by atoms with Gasteiger partial charge in [-0.15, -0.1) is 0 Å². The van der Waals surface area contributed by atoms with Gasteiger partial charge in [0.25, 0.3) is 17.4 Å². The predicted octanol–water partition coefficient (Wildman–Crippen LogP) is 3.68. The Labute approximate surface area is 198 Å². The Morgan fingerprint density at radius 3 is 2.32 bits per heavy atom. The Morgan fingerprint density at radius 2 is 1.79 bits per heavy atom. The number of non-ortho nitro benzene ring substituents is 1. The molecule has 0 unspecified atom stereocenters. The highest BCUT2D eigenvalue weighted by Gasteiger charge is 2.46. The van der Waals surface area contributed by atoms with Gasteiger partial charge >= 0.3 is 0 Å². The van der Waals surface area contributed by atoms with Crippen LogP contribution in [0.1, 0.15) is 36.6 Å². The van der Waals surface area contributed by atoms with E-state index < -0.39 is 22.7 Å². The van der Waals surface area contributed by atoms with Gasteiger partial charge < -0.3 is 19.6 Å². The lowest BCUT2D eigenvalue weighted by atomic mass is 9.93. The SMILES string of the molecule is CCN(CC)CCN1C(=O)C(=O)/C(=C(/O)c2ccc(OC)cc2C)[C@@H]1c1ccc([N+](=O)[O-])cc1. The summed E-state index contributed by atoms with van der Waals surface area (Å²) < 4.78 is 5.22. The number of nitrogens with zero attached hydrogens (tertiary/aromatic N) is 3. The van der Waals surface area contributed by atoms with E-state index in [1.165, 1.54) is 36.3 Å². The molecule has 0 radical (unpaired) electrons. The molecule has 1 amide bonds. The number of aliphatic hydroxyl groups excluding tert-OH is 1. The van der Waals surface area contributed by atoms with Crippen LogP contribution in [0.5, 0.6) is 5.75 Å². The Hall–Kier alpha value is -3.72. The predicted molar refractivity (Wildman–Crippen MR) is 128 cm³/mol. The van der Waals surface area contributed by atoms with Crippen molar-refractivity contribution >= 4 is 23.1 Å². The third-order valence-corrected chi connectivity index (χ3v) is 6.20. The van der Waals surface area contributed by atoms with Gasteiger partial charge in [0.15, 0.2) is 0 Å². The fraction of sp³-hybridized carbons (Fsp3) is 0.360. The molecule has 1 fully saturated rings. The Kier molecular flexibility index (Phi) is 7.68. The van der Waals surface area contributed by atoms with Crippen LogP contribution in [0.3, 0.4) is 0 Å². The number of ether oxygens (including phenoxy) is 1. The summed E-state index contributed by atoms with van der Waals surface area (Å²) in [6, 6.07) is 9.88. The van der Waals surface area contributed by atoms with Crippen molar-refractivity contribution in [2.24, 2.45) is 0 Å². The third kappa shape index (κ3) is 4.79. The zero-order valence-corrected chi connectivity index (χ0v) is 19.8. The number of likely N-dealkylation sites (tertiary alicyclic amines) is 1. The fourth-order valence-electron chi connectivity index (χ4n) is 4.20. The van der Waals surface area contributed by atoms with Crippen molar-refractivity contribution in [1.29, 1.82) is 0 Å². The minimum Gasteiger partial charge on any atom is -0.507 e. The van der Waals surface area contributed by atoms with Gasteiger partial charge in [-0.1, -0.05) is 13.8 Å². The average Bonchev–Trinajstić information content (AvgIpc) is 3.09. The molecule has 2 aromatic rings. The van der Waals surface area contributed by atoms with E-state index in [1.54, 1.807) is 25.1 Å². The molecular weight excluding hydrogens is 438 g/mol. The molecule has 1 aliphatic heterocycles. The van der Waals surface area contributed by atoms with Crippen LogP contribution in [0.2, 0.25) is 0 Å². The molecule has 9 heteroatoms. The van der Waals surface area contributed by atoms with E-state index >= 15 is 0 Å². The summed E-state index contributed by atoms with van der Waals surface area (Å²) in [5.41, 5.74) is 1.46. The summed E-state index contributed by atoms with van der Waals surface area (Å²) in [6.45, 7) is 8.18. The van der Waals surface area contributed by atoms with Gasteiger partial charge in [-0.25, -0.2) is 0 Å². The third-order valence-electron chi connectivity index (χ3n) is 6.20. The molecule has 9 nitrogen and oxygen atoms in total. The minimum absolute atomic E-state index is 0.0355. The lowest BCUT2D eigenvalue weighted by Gasteiger charge is -2.28. The molecule has 0 aromatic heterocycles. The standard InChI is InChI=1S/C25H29N3O6/c1-5-26(6-2)13-14-27-22(17-7-9-18(10-8-17)28(32)33)21(24(30)25(27)31)23(29)20-12-11-19(34-4)15-16(20)3/h7-12,15,22,29H,5-6,13-14H2,1-4H3/b23-21+/t22-/m0/s1. The number of amides is 1. The summed E-state index contributed by atoms with van der Waals surface area (Å²) >= 11 is 0. The van der Waals surface area contributed by atoms with Gasteiger partial charge in [0.2, 0.25) is 0 Å². The summed E-state index contributed by atoms with van der Waals surface area (Å²) in [5.74, 6) is -1.17. The highest BCUT2D eigenvalue weighted by Crippen LogP contribution is 2.40. The van der Waals surface area contributed by atoms with Gasteiger partial charge in [0.05, 0.1) is 23.6 Å². The number of carbonyl (C=O) groups excluding carboxylic acids is 2. The average molecular weight is 468 g/mol. The number of hydrogen-bond acceptors (Lipinski definition) is 7. The second-order valence-electron chi connectivity index (χ2n) is 8.05. The van der Waals surface area contributed by atoms with E-state index in [2.05, 4.69) is 4.90 Å². The van der Waals surface area contributed by atoms with Crippen LogP contribution in [-0.2, 0) is 9.59 Å². The van der Waals surface area contributed by atoms with E-state index in [-0.39, 0.29) is 23.6 Å². The molecule has 1 saturated heterocycles. The molecule has 0 spiro atoms. The van der Waals surface area contributed by atoms with Crippen molar-refractivity contribution in [2.75, 3.05) is 33.3 Å². The van der Waals surface area contributed by atoms with Crippen LogP contribution in [-0.4, -0.2) is 64.8 Å². The topological polar surface area (TPSA) is 113 Å². The van der Waals surface area contributed by atoms with E-state index in [0.29, 0.717) is 29.0 Å². The molecule has 1 atom stereocenters. The smallest absolute Gasteiger partial charge is 0.295 e. The Bertz CT molecular complexity index is 1120.